The van der Waals surface area contributed by atoms with Crippen molar-refractivity contribution in [1.82, 2.24) is 14.9 Å². The summed E-state index contributed by atoms with van der Waals surface area (Å²) in [4.78, 5) is 4.22. The Labute approximate surface area is 99.1 Å². The summed E-state index contributed by atoms with van der Waals surface area (Å²) in [5, 5.41) is 7.76. The van der Waals surface area contributed by atoms with Crippen molar-refractivity contribution in [2.45, 2.75) is 32.0 Å². The Morgan fingerprint density at radius 3 is 3.12 bits per heavy atom. The molecule has 84 valence electrons. The van der Waals surface area contributed by atoms with Gasteiger partial charge < -0.3 is 9.88 Å². The Morgan fingerprint density at radius 2 is 2.38 bits per heavy atom. The molecule has 1 aliphatic rings. The summed E-state index contributed by atoms with van der Waals surface area (Å²) >= 11 is 1.75. The molecule has 2 aromatic rings. The van der Waals surface area contributed by atoms with Crippen LogP contribution in [0.15, 0.2) is 29.4 Å². The molecule has 0 bridgehead atoms. The molecule has 16 heavy (non-hydrogen) atoms. The molecule has 2 aromatic heterocycles. The molecule has 1 N–H and O–H groups in total. The summed E-state index contributed by atoms with van der Waals surface area (Å²) in [5.41, 5.74) is 2.67. The fraction of sp³-hybridized carbons (Fsp3) is 0.417. The monoisotopic (exact) mass is 233 g/mol. The Kier molecular flexibility index (Phi) is 2.76. The molecule has 0 aliphatic heterocycles. The molecule has 3 rings (SSSR count). The molecule has 0 aromatic carbocycles. The molecule has 0 amide bonds. The predicted octanol–water partition coefficient (Wildman–Crippen LogP) is 2.57. The van der Waals surface area contributed by atoms with E-state index in [0.717, 1.165) is 19.1 Å². The lowest BCUT2D eigenvalue weighted by Crippen LogP contribution is -2.14. The second-order valence-electron chi connectivity index (χ2n) is 4.26. The van der Waals surface area contributed by atoms with Crippen molar-refractivity contribution in [3.63, 3.8) is 0 Å². The summed E-state index contributed by atoms with van der Waals surface area (Å²) in [6.45, 7) is 1.85. The Hall–Kier alpha value is -1.13. The second kappa shape index (κ2) is 4.39. The van der Waals surface area contributed by atoms with E-state index >= 15 is 0 Å². The number of nitrogens with one attached hydrogen (secondary N) is 1. The van der Waals surface area contributed by atoms with E-state index in [9.17, 15) is 0 Å². The number of thiophene rings is 1. The van der Waals surface area contributed by atoms with Crippen LogP contribution in [0.5, 0.6) is 0 Å². The van der Waals surface area contributed by atoms with Crippen LogP contribution in [0.4, 0.5) is 0 Å². The second-order valence-corrected chi connectivity index (χ2v) is 5.04. The summed E-state index contributed by atoms with van der Waals surface area (Å²) in [6.07, 6.45) is 6.56. The van der Waals surface area contributed by atoms with E-state index in [1.165, 1.54) is 24.1 Å². The topological polar surface area (TPSA) is 29.9 Å². The molecule has 3 nitrogen and oxygen atoms in total. The van der Waals surface area contributed by atoms with Gasteiger partial charge in [0, 0.05) is 25.3 Å². The third-order valence-corrected chi connectivity index (χ3v) is 3.63. The van der Waals surface area contributed by atoms with Crippen molar-refractivity contribution in [3.8, 4) is 0 Å². The van der Waals surface area contributed by atoms with Crippen LogP contribution in [0.3, 0.4) is 0 Å². The zero-order valence-corrected chi connectivity index (χ0v) is 9.91. The highest BCUT2D eigenvalue weighted by Crippen LogP contribution is 2.35. The molecule has 4 heteroatoms. The third kappa shape index (κ3) is 2.18. The van der Waals surface area contributed by atoms with Gasteiger partial charge in [0.15, 0.2) is 0 Å². The molecule has 0 atom stereocenters. The fourth-order valence-electron chi connectivity index (χ4n) is 1.88. The molecule has 0 spiro atoms. The maximum atomic E-state index is 4.22. The maximum Gasteiger partial charge on any atom is 0.0951 e. The largest absolute Gasteiger partial charge is 0.330 e. The van der Waals surface area contributed by atoms with Gasteiger partial charge in [-0.2, -0.15) is 11.3 Å². The van der Waals surface area contributed by atoms with Crippen LogP contribution in [0.25, 0.3) is 0 Å². The summed E-state index contributed by atoms with van der Waals surface area (Å²) in [7, 11) is 0. The van der Waals surface area contributed by atoms with Gasteiger partial charge in [0.1, 0.15) is 0 Å². The van der Waals surface area contributed by atoms with E-state index in [0.29, 0.717) is 0 Å². The van der Waals surface area contributed by atoms with Gasteiger partial charge in [-0.3, -0.25) is 0 Å². The maximum absolute atomic E-state index is 4.22. The first-order chi connectivity index (χ1) is 7.93. The molecule has 0 radical (unpaired) electrons. The average Bonchev–Trinajstić information content (AvgIpc) is 2.82. The number of imidazole rings is 1. The van der Waals surface area contributed by atoms with Crippen molar-refractivity contribution < 1.29 is 0 Å². The number of aromatic nitrogens is 2. The van der Waals surface area contributed by atoms with Gasteiger partial charge in [-0.25, -0.2) is 4.98 Å². The quantitative estimate of drug-likeness (QED) is 0.860. The van der Waals surface area contributed by atoms with Crippen LogP contribution >= 0.6 is 11.3 Å². The van der Waals surface area contributed by atoms with Crippen molar-refractivity contribution >= 4 is 11.3 Å². The predicted molar refractivity (Wildman–Crippen MR) is 65.4 cm³/mol. The number of hydrogen-bond donors (Lipinski definition) is 1. The minimum atomic E-state index is 0.723. The van der Waals surface area contributed by atoms with Crippen LogP contribution in [0, 0.1) is 0 Å². The van der Waals surface area contributed by atoms with Gasteiger partial charge in [-0.15, -0.1) is 0 Å². The number of hydrogen-bond acceptors (Lipinski definition) is 3. The summed E-state index contributed by atoms with van der Waals surface area (Å²) in [6, 6.07) is 2.89. The van der Waals surface area contributed by atoms with Gasteiger partial charge in [0.25, 0.3) is 0 Å². The number of nitrogens with zero attached hydrogens (tertiary/aromatic N) is 2. The zero-order valence-electron chi connectivity index (χ0n) is 9.10. The molecule has 2 heterocycles. The fourth-order valence-corrected chi connectivity index (χ4v) is 2.55. The lowest BCUT2D eigenvalue weighted by Gasteiger charge is -2.07. The lowest BCUT2D eigenvalue weighted by molar-refractivity contribution is 0.621. The normalized spacial score (nSPS) is 15.5. The average molecular weight is 233 g/mol. The molecule has 1 aliphatic carbocycles. The highest BCUT2D eigenvalue weighted by molar-refractivity contribution is 7.07. The van der Waals surface area contributed by atoms with Gasteiger partial charge in [-0.05, 0) is 35.2 Å². The van der Waals surface area contributed by atoms with Gasteiger partial charge in [0.05, 0.1) is 12.0 Å². The molecular weight excluding hydrogens is 218 g/mol. The minimum absolute atomic E-state index is 0.723. The first-order valence-electron chi connectivity index (χ1n) is 5.66. The van der Waals surface area contributed by atoms with Crippen LogP contribution in [0.1, 0.15) is 30.1 Å². The van der Waals surface area contributed by atoms with Crippen molar-refractivity contribution in [2.75, 3.05) is 0 Å². The highest BCUT2D eigenvalue weighted by atomic mass is 32.1. The highest BCUT2D eigenvalue weighted by Gasteiger charge is 2.24. The molecular formula is C12H15N3S. The Balaban J connectivity index is 1.56. The van der Waals surface area contributed by atoms with E-state index in [1.54, 1.807) is 11.3 Å². The Morgan fingerprint density at radius 1 is 1.44 bits per heavy atom. The smallest absolute Gasteiger partial charge is 0.0951 e. The van der Waals surface area contributed by atoms with E-state index in [2.05, 4.69) is 31.7 Å². The van der Waals surface area contributed by atoms with E-state index in [1.807, 2.05) is 12.5 Å². The van der Waals surface area contributed by atoms with Gasteiger partial charge in [-0.1, -0.05) is 0 Å². The Bertz CT molecular complexity index is 443. The molecule has 1 saturated carbocycles. The first kappa shape index (κ1) is 10.1. The minimum Gasteiger partial charge on any atom is -0.330 e. The number of rotatable bonds is 5. The van der Waals surface area contributed by atoms with Crippen molar-refractivity contribution in [2.24, 2.45) is 0 Å². The first-order valence-corrected chi connectivity index (χ1v) is 6.60. The summed E-state index contributed by atoms with van der Waals surface area (Å²) < 4.78 is 2.31. The third-order valence-electron chi connectivity index (χ3n) is 2.90. The molecule has 0 saturated heterocycles. The molecule has 1 fully saturated rings. The van der Waals surface area contributed by atoms with Crippen LogP contribution in [-0.4, -0.2) is 9.55 Å². The van der Waals surface area contributed by atoms with Crippen molar-refractivity contribution in [1.29, 1.82) is 0 Å². The summed E-state index contributed by atoms with van der Waals surface area (Å²) in [5.74, 6) is 0. The van der Waals surface area contributed by atoms with Crippen LogP contribution in [-0.2, 0) is 13.1 Å². The molecule has 0 unspecified atom stereocenters. The lowest BCUT2D eigenvalue weighted by atomic mass is 10.3. The van der Waals surface area contributed by atoms with Gasteiger partial charge in [0.2, 0.25) is 0 Å². The van der Waals surface area contributed by atoms with Gasteiger partial charge >= 0.3 is 0 Å². The zero-order chi connectivity index (χ0) is 10.8. The standard InChI is InChI=1S/C12H15N3S/c1-2-11(1)15-9-14-7-12(15)6-13-5-10-3-4-16-8-10/h3-4,7-9,11,13H,1-2,5-6H2. The van der Waals surface area contributed by atoms with Crippen LogP contribution < -0.4 is 5.32 Å². The van der Waals surface area contributed by atoms with Crippen LogP contribution in [0.2, 0.25) is 0 Å². The van der Waals surface area contributed by atoms with E-state index in [4.69, 9.17) is 0 Å². The SMILES string of the molecule is c1cc(CNCc2cncn2C2CC2)cs1. The van der Waals surface area contributed by atoms with E-state index < -0.39 is 0 Å². The van der Waals surface area contributed by atoms with Crippen molar-refractivity contribution in [3.05, 3.63) is 40.6 Å². The van der Waals surface area contributed by atoms with E-state index in [-0.39, 0.29) is 0 Å².